The second-order valence-electron chi connectivity index (χ2n) is 6.09. The van der Waals surface area contributed by atoms with Crippen molar-refractivity contribution in [2.24, 2.45) is 0 Å². The van der Waals surface area contributed by atoms with Crippen molar-refractivity contribution in [1.29, 1.82) is 0 Å². The Labute approximate surface area is 154 Å². The smallest absolute Gasteiger partial charge is 0.224 e. The SMILES string of the molecule is Cl.O=C(CCN1CCNCC1)N1CCOC(c2ccc(Cl)cc2)C1. The number of hydrogen-bond donors (Lipinski definition) is 1. The van der Waals surface area contributed by atoms with Crippen LogP contribution in [0.4, 0.5) is 0 Å². The first-order chi connectivity index (χ1) is 11.2. The van der Waals surface area contributed by atoms with Gasteiger partial charge in [0.25, 0.3) is 0 Å². The summed E-state index contributed by atoms with van der Waals surface area (Å²) in [5.41, 5.74) is 1.08. The molecule has 1 N–H and O–H groups in total. The minimum absolute atomic E-state index is 0. The lowest BCUT2D eigenvalue weighted by Crippen LogP contribution is -2.46. The minimum atomic E-state index is -0.0517. The van der Waals surface area contributed by atoms with Crippen LogP contribution in [0.15, 0.2) is 24.3 Å². The van der Waals surface area contributed by atoms with Crippen molar-refractivity contribution in [3.8, 4) is 0 Å². The van der Waals surface area contributed by atoms with E-state index in [1.54, 1.807) is 0 Å². The number of carbonyl (C=O) groups is 1. The van der Waals surface area contributed by atoms with Gasteiger partial charge in [-0.3, -0.25) is 4.79 Å². The minimum Gasteiger partial charge on any atom is -0.370 e. The van der Waals surface area contributed by atoms with E-state index in [0.29, 0.717) is 31.1 Å². The van der Waals surface area contributed by atoms with Crippen molar-refractivity contribution in [3.05, 3.63) is 34.9 Å². The first kappa shape index (κ1) is 19.5. The molecule has 0 saturated carbocycles. The molecule has 1 aromatic rings. The average Bonchev–Trinajstić information content (AvgIpc) is 2.61. The third-order valence-corrected chi connectivity index (χ3v) is 4.76. The Bertz CT molecular complexity index is 521. The van der Waals surface area contributed by atoms with Crippen LogP contribution in [0.3, 0.4) is 0 Å². The van der Waals surface area contributed by atoms with E-state index in [0.717, 1.165) is 38.3 Å². The molecule has 2 fully saturated rings. The molecule has 2 saturated heterocycles. The zero-order valence-corrected chi connectivity index (χ0v) is 15.3. The van der Waals surface area contributed by atoms with Crippen LogP contribution in [-0.4, -0.2) is 68.1 Å². The van der Waals surface area contributed by atoms with Crippen LogP contribution in [0.25, 0.3) is 0 Å². The number of amides is 1. The van der Waals surface area contributed by atoms with E-state index in [1.165, 1.54) is 0 Å². The fraction of sp³-hybridized carbons (Fsp3) is 0.588. The van der Waals surface area contributed by atoms with Crippen LogP contribution in [0.2, 0.25) is 5.02 Å². The molecule has 3 rings (SSSR count). The van der Waals surface area contributed by atoms with E-state index in [9.17, 15) is 4.79 Å². The van der Waals surface area contributed by atoms with Gasteiger partial charge >= 0.3 is 0 Å². The molecule has 2 heterocycles. The molecule has 134 valence electrons. The molecule has 2 aliphatic heterocycles. The fourth-order valence-electron chi connectivity index (χ4n) is 3.10. The third kappa shape index (κ3) is 5.33. The predicted octanol–water partition coefficient (Wildman–Crippen LogP) is 1.96. The van der Waals surface area contributed by atoms with Gasteiger partial charge in [0.1, 0.15) is 6.10 Å². The number of nitrogens with one attached hydrogen (secondary N) is 1. The lowest BCUT2D eigenvalue weighted by atomic mass is 10.1. The summed E-state index contributed by atoms with van der Waals surface area (Å²) in [6.45, 7) is 6.85. The first-order valence-corrected chi connectivity index (χ1v) is 8.68. The standard InChI is InChI=1S/C17H24ClN3O2.ClH/c18-15-3-1-14(2-4-15)16-13-21(11-12-23-16)17(22)5-8-20-9-6-19-7-10-20;/h1-4,16,19H,5-13H2;1H. The Hall–Kier alpha value is -0.850. The van der Waals surface area contributed by atoms with E-state index in [-0.39, 0.29) is 24.4 Å². The highest BCUT2D eigenvalue weighted by Gasteiger charge is 2.25. The van der Waals surface area contributed by atoms with Gasteiger partial charge in [-0.05, 0) is 17.7 Å². The summed E-state index contributed by atoms with van der Waals surface area (Å²) in [7, 11) is 0. The molecule has 0 aliphatic carbocycles. The number of halogens is 2. The number of piperazine rings is 1. The van der Waals surface area contributed by atoms with Crippen LogP contribution >= 0.6 is 24.0 Å². The Morgan fingerprint density at radius 2 is 1.92 bits per heavy atom. The third-order valence-electron chi connectivity index (χ3n) is 4.51. The molecular formula is C17H25Cl2N3O2. The van der Waals surface area contributed by atoms with Crippen molar-refractivity contribution in [2.75, 3.05) is 52.4 Å². The fourth-order valence-corrected chi connectivity index (χ4v) is 3.23. The lowest BCUT2D eigenvalue weighted by Gasteiger charge is -2.34. The zero-order chi connectivity index (χ0) is 16.1. The molecule has 1 amide bonds. The van der Waals surface area contributed by atoms with Gasteiger partial charge < -0.3 is 19.9 Å². The molecule has 0 spiro atoms. The van der Waals surface area contributed by atoms with Gasteiger partial charge in [0.15, 0.2) is 0 Å². The molecule has 2 aliphatic rings. The van der Waals surface area contributed by atoms with E-state index < -0.39 is 0 Å². The maximum atomic E-state index is 12.5. The molecule has 0 radical (unpaired) electrons. The van der Waals surface area contributed by atoms with Crippen molar-refractivity contribution in [2.45, 2.75) is 12.5 Å². The molecule has 5 nitrogen and oxygen atoms in total. The average molecular weight is 374 g/mol. The number of morpholine rings is 1. The lowest BCUT2D eigenvalue weighted by molar-refractivity contribution is -0.139. The van der Waals surface area contributed by atoms with Crippen LogP contribution in [0, 0.1) is 0 Å². The summed E-state index contributed by atoms with van der Waals surface area (Å²) in [5, 5.41) is 4.05. The van der Waals surface area contributed by atoms with Gasteiger partial charge in [0, 0.05) is 50.7 Å². The van der Waals surface area contributed by atoms with E-state index in [4.69, 9.17) is 16.3 Å². The molecule has 7 heteroatoms. The summed E-state index contributed by atoms with van der Waals surface area (Å²) in [4.78, 5) is 16.8. The molecule has 1 atom stereocenters. The summed E-state index contributed by atoms with van der Waals surface area (Å²) >= 11 is 5.93. The summed E-state index contributed by atoms with van der Waals surface area (Å²) in [6, 6.07) is 7.68. The number of benzene rings is 1. The Morgan fingerprint density at radius 3 is 2.62 bits per heavy atom. The van der Waals surface area contributed by atoms with Crippen LogP contribution in [0.1, 0.15) is 18.1 Å². The van der Waals surface area contributed by atoms with E-state index in [2.05, 4.69) is 10.2 Å². The Balaban J connectivity index is 0.00000208. The topological polar surface area (TPSA) is 44.8 Å². The second kappa shape index (κ2) is 9.59. The summed E-state index contributed by atoms with van der Waals surface area (Å²) in [6.07, 6.45) is 0.539. The van der Waals surface area contributed by atoms with Gasteiger partial charge in [0.2, 0.25) is 5.91 Å². The number of hydrogen-bond acceptors (Lipinski definition) is 4. The summed E-state index contributed by atoms with van der Waals surface area (Å²) < 4.78 is 5.82. The van der Waals surface area contributed by atoms with Crippen molar-refractivity contribution in [3.63, 3.8) is 0 Å². The van der Waals surface area contributed by atoms with Gasteiger partial charge in [-0.1, -0.05) is 23.7 Å². The van der Waals surface area contributed by atoms with Crippen LogP contribution in [-0.2, 0) is 9.53 Å². The Kier molecular flexibility index (Phi) is 7.78. The van der Waals surface area contributed by atoms with Gasteiger partial charge in [0.05, 0.1) is 13.2 Å². The van der Waals surface area contributed by atoms with Crippen molar-refractivity contribution >= 4 is 29.9 Å². The number of nitrogens with zero attached hydrogens (tertiary/aromatic N) is 2. The maximum absolute atomic E-state index is 12.5. The van der Waals surface area contributed by atoms with Gasteiger partial charge in [-0.25, -0.2) is 0 Å². The summed E-state index contributed by atoms with van der Waals surface area (Å²) in [5.74, 6) is 0.228. The Morgan fingerprint density at radius 1 is 1.21 bits per heavy atom. The van der Waals surface area contributed by atoms with E-state index >= 15 is 0 Å². The van der Waals surface area contributed by atoms with E-state index in [1.807, 2.05) is 29.2 Å². The normalized spacial score (nSPS) is 22.0. The molecule has 1 aromatic carbocycles. The highest BCUT2D eigenvalue weighted by molar-refractivity contribution is 6.30. The highest BCUT2D eigenvalue weighted by atomic mass is 35.5. The van der Waals surface area contributed by atoms with Crippen LogP contribution in [0.5, 0.6) is 0 Å². The van der Waals surface area contributed by atoms with Crippen molar-refractivity contribution < 1.29 is 9.53 Å². The number of ether oxygens (including phenoxy) is 1. The molecule has 0 aromatic heterocycles. The predicted molar refractivity (Wildman–Crippen MR) is 97.9 cm³/mol. The van der Waals surface area contributed by atoms with Crippen molar-refractivity contribution in [1.82, 2.24) is 15.1 Å². The van der Waals surface area contributed by atoms with Gasteiger partial charge in [-0.15, -0.1) is 12.4 Å². The second-order valence-corrected chi connectivity index (χ2v) is 6.53. The van der Waals surface area contributed by atoms with Gasteiger partial charge in [-0.2, -0.15) is 0 Å². The first-order valence-electron chi connectivity index (χ1n) is 8.30. The highest BCUT2D eigenvalue weighted by Crippen LogP contribution is 2.24. The molecular weight excluding hydrogens is 349 g/mol. The molecule has 1 unspecified atom stereocenters. The quantitative estimate of drug-likeness (QED) is 0.875. The molecule has 24 heavy (non-hydrogen) atoms. The maximum Gasteiger partial charge on any atom is 0.224 e. The molecule has 0 bridgehead atoms. The largest absolute Gasteiger partial charge is 0.370 e. The van der Waals surface area contributed by atoms with Crippen LogP contribution < -0.4 is 5.32 Å². The number of rotatable bonds is 4. The zero-order valence-electron chi connectivity index (χ0n) is 13.7. The number of carbonyl (C=O) groups excluding carboxylic acids is 1. The monoisotopic (exact) mass is 373 g/mol.